The molecule has 0 radical (unpaired) electrons. The third-order valence-electron chi connectivity index (χ3n) is 4.99. The fraction of sp³-hybridized carbons (Fsp3) is 0.450. The second-order valence-corrected chi connectivity index (χ2v) is 6.96. The lowest BCUT2D eigenvalue weighted by Crippen LogP contribution is -2.45. The van der Waals surface area contributed by atoms with E-state index in [0.29, 0.717) is 31.4 Å². The van der Waals surface area contributed by atoms with Gasteiger partial charge in [-0.3, -0.25) is 4.79 Å². The second-order valence-electron chi connectivity index (χ2n) is 6.96. The first-order valence-corrected chi connectivity index (χ1v) is 9.34. The van der Waals surface area contributed by atoms with Gasteiger partial charge in [-0.15, -0.1) is 0 Å². The highest BCUT2D eigenvalue weighted by Gasteiger charge is 2.40. The lowest BCUT2D eigenvalue weighted by Gasteiger charge is -2.37. The third kappa shape index (κ3) is 4.09. The van der Waals surface area contributed by atoms with Crippen LogP contribution in [0.1, 0.15) is 34.6 Å². The highest BCUT2D eigenvalue weighted by molar-refractivity contribution is 5.92. The summed E-state index contributed by atoms with van der Waals surface area (Å²) in [6, 6.07) is 11.5. The summed E-state index contributed by atoms with van der Waals surface area (Å²) in [6.45, 7) is 5.16. The number of hydrogen-bond acceptors (Lipinski definition) is 6. The molecule has 0 saturated carbocycles. The average molecular weight is 368 g/mol. The van der Waals surface area contributed by atoms with Crippen LogP contribution in [0.5, 0.6) is 0 Å². The molecule has 2 aliphatic rings. The van der Waals surface area contributed by atoms with Crippen molar-refractivity contribution in [3.63, 3.8) is 0 Å². The molecule has 0 aliphatic carbocycles. The maximum atomic E-state index is 12.5. The topological polar surface area (TPSA) is 76.6 Å². The van der Waals surface area contributed by atoms with Gasteiger partial charge in [0.2, 0.25) is 5.95 Å². The average Bonchev–Trinajstić information content (AvgIpc) is 3.15. The van der Waals surface area contributed by atoms with Gasteiger partial charge in [0.25, 0.3) is 5.91 Å². The normalized spacial score (nSPS) is 18.6. The maximum Gasteiger partial charge on any atom is 0.270 e. The van der Waals surface area contributed by atoms with E-state index in [4.69, 9.17) is 9.47 Å². The molecule has 2 saturated heterocycles. The molecule has 0 unspecified atom stereocenters. The van der Waals surface area contributed by atoms with Crippen molar-refractivity contribution in [2.75, 3.05) is 31.2 Å². The lowest BCUT2D eigenvalue weighted by atomic mass is 10.0. The summed E-state index contributed by atoms with van der Waals surface area (Å²) < 4.78 is 11.5. The van der Waals surface area contributed by atoms with Crippen molar-refractivity contribution in [3.05, 3.63) is 53.3 Å². The van der Waals surface area contributed by atoms with E-state index < -0.39 is 5.79 Å². The number of rotatable bonds is 4. The van der Waals surface area contributed by atoms with Crippen LogP contribution in [0.25, 0.3) is 0 Å². The Balaban J connectivity index is 1.42. The summed E-state index contributed by atoms with van der Waals surface area (Å²) in [4.78, 5) is 23.7. The molecule has 1 spiro atoms. The largest absolute Gasteiger partial charge is 0.347 e. The van der Waals surface area contributed by atoms with Gasteiger partial charge in [0.05, 0.1) is 13.2 Å². The monoisotopic (exact) mass is 368 g/mol. The van der Waals surface area contributed by atoms with Crippen LogP contribution in [0, 0.1) is 6.92 Å². The van der Waals surface area contributed by atoms with Crippen LogP contribution >= 0.6 is 0 Å². The van der Waals surface area contributed by atoms with Gasteiger partial charge in [-0.1, -0.05) is 30.3 Å². The number of amides is 1. The quantitative estimate of drug-likeness (QED) is 0.890. The fourth-order valence-corrected chi connectivity index (χ4v) is 3.51. The number of hydrogen-bond donors (Lipinski definition) is 1. The Morgan fingerprint density at radius 2 is 1.85 bits per heavy atom. The van der Waals surface area contributed by atoms with Crippen LogP contribution < -0.4 is 10.2 Å². The minimum atomic E-state index is -0.434. The number of piperidine rings is 1. The Bertz CT molecular complexity index is 796. The smallest absolute Gasteiger partial charge is 0.270 e. The molecular weight excluding hydrogens is 344 g/mol. The number of aryl methyl sites for hydroxylation is 1. The molecule has 4 rings (SSSR count). The number of carbonyl (C=O) groups excluding carboxylic acids is 1. The summed E-state index contributed by atoms with van der Waals surface area (Å²) in [7, 11) is 0. The van der Waals surface area contributed by atoms with Crippen LogP contribution in [-0.2, 0) is 16.0 Å². The molecule has 2 aliphatic heterocycles. The zero-order valence-corrected chi connectivity index (χ0v) is 15.5. The van der Waals surface area contributed by atoms with Crippen molar-refractivity contribution in [1.82, 2.24) is 15.3 Å². The van der Waals surface area contributed by atoms with Gasteiger partial charge in [-0.05, 0) is 18.6 Å². The van der Waals surface area contributed by atoms with E-state index in [2.05, 4.69) is 20.2 Å². The summed E-state index contributed by atoms with van der Waals surface area (Å²) >= 11 is 0. The van der Waals surface area contributed by atoms with Gasteiger partial charge >= 0.3 is 0 Å². The first kappa shape index (κ1) is 17.9. The molecule has 1 aromatic heterocycles. The van der Waals surface area contributed by atoms with E-state index in [1.54, 1.807) is 6.07 Å². The van der Waals surface area contributed by atoms with E-state index in [0.717, 1.165) is 37.2 Å². The maximum absolute atomic E-state index is 12.5. The van der Waals surface area contributed by atoms with Crippen molar-refractivity contribution in [1.29, 1.82) is 0 Å². The summed E-state index contributed by atoms with van der Waals surface area (Å²) in [5.41, 5.74) is 2.22. The Morgan fingerprint density at radius 3 is 2.56 bits per heavy atom. The summed E-state index contributed by atoms with van der Waals surface area (Å²) in [5.74, 6) is -0.0369. The highest BCUT2D eigenvalue weighted by Crippen LogP contribution is 2.32. The van der Waals surface area contributed by atoms with Gasteiger partial charge in [-0.2, -0.15) is 0 Å². The van der Waals surface area contributed by atoms with Crippen LogP contribution in [0.2, 0.25) is 0 Å². The van der Waals surface area contributed by atoms with E-state index in [1.165, 1.54) is 0 Å². The molecule has 1 N–H and O–H groups in total. The number of nitrogens with one attached hydrogen (secondary N) is 1. The van der Waals surface area contributed by atoms with Crippen LogP contribution in [-0.4, -0.2) is 48.0 Å². The number of benzene rings is 1. The van der Waals surface area contributed by atoms with E-state index in [9.17, 15) is 4.79 Å². The minimum absolute atomic E-state index is 0.193. The third-order valence-corrected chi connectivity index (χ3v) is 4.99. The summed E-state index contributed by atoms with van der Waals surface area (Å²) in [6.07, 6.45) is 1.56. The number of nitrogens with zero attached hydrogens (tertiary/aromatic N) is 3. The molecule has 1 amide bonds. The van der Waals surface area contributed by atoms with Crippen LogP contribution in [0.4, 0.5) is 5.95 Å². The second kappa shape index (κ2) is 7.62. The Hall–Kier alpha value is -2.51. The molecule has 2 aromatic rings. The fourth-order valence-electron chi connectivity index (χ4n) is 3.51. The number of anilines is 1. The highest BCUT2D eigenvalue weighted by atomic mass is 16.7. The summed E-state index contributed by atoms with van der Waals surface area (Å²) in [5, 5.41) is 2.92. The zero-order chi connectivity index (χ0) is 18.7. The standard InChI is InChI=1S/C20H24N4O3/c1-15-13-17(18(25)21-14-16-5-3-2-4-6-16)23-19(22-15)24-9-7-20(8-10-24)26-11-12-27-20/h2-6,13H,7-12,14H2,1H3,(H,21,25). The molecule has 7 heteroatoms. The van der Waals surface area contributed by atoms with Gasteiger partial charge in [0, 0.05) is 38.2 Å². The zero-order valence-electron chi connectivity index (χ0n) is 15.5. The van der Waals surface area contributed by atoms with Crippen molar-refractivity contribution in [3.8, 4) is 0 Å². The lowest BCUT2D eigenvalue weighted by molar-refractivity contribution is -0.169. The van der Waals surface area contributed by atoms with Gasteiger partial charge in [0.15, 0.2) is 5.79 Å². The molecule has 27 heavy (non-hydrogen) atoms. The molecule has 0 atom stereocenters. The molecule has 0 bridgehead atoms. The number of ether oxygens (including phenoxy) is 2. The van der Waals surface area contributed by atoms with Crippen molar-refractivity contribution < 1.29 is 14.3 Å². The van der Waals surface area contributed by atoms with Crippen LogP contribution in [0.15, 0.2) is 36.4 Å². The molecule has 142 valence electrons. The Labute approximate surface area is 158 Å². The SMILES string of the molecule is Cc1cc(C(=O)NCc2ccccc2)nc(N2CCC3(CC2)OCCO3)n1. The van der Waals surface area contributed by atoms with E-state index in [-0.39, 0.29) is 5.91 Å². The molecule has 1 aromatic carbocycles. The minimum Gasteiger partial charge on any atom is -0.347 e. The number of carbonyl (C=O) groups is 1. The first-order valence-electron chi connectivity index (χ1n) is 9.34. The first-order chi connectivity index (χ1) is 13.1. The van der Waals surface area contributed by atoms with Crippen molar-refractivity contribution in [2.24, 2.45) is 0 Å². The van der Waals surface area contributed by atoms with Gasteiger partial charge < -0.3 is 19.7 Å². The van der Waals surface area contributed by atoms with Gasteiger partial charge in [0.1, 0.15) is 5.69 Å². The Morgan fingerprint density at radius 1 is 1.15 bits per heavy atom. The molecular formula is C20H24N4O3. The van der Waals surface area contributed by atoms with Crippen LogP contribution in [0.3, 0.4) is 0 Å². The Kier molecular flexibility index (Phi) is 5.05. The van der Waals surface area contributed by atoms with Crippen molar-refractivity contribution >= 4 is 11.9 Å². The van der Waals surface area contributed by atoms with E-state index in [1.807, 2.05) is 37.3 Å². The molecule has 3 heterocycles. The predicted molar refractivity (Wildman–Crippen MR) is 100 cm³/mol. The van der Waals surface area contributed by atoms with E-state index >= 15 is 0 Å². The molecule has 7 nitrogen and oxygen atoms in total. The van der Waals surface area contributed by atoms with Crippen molar-refractivity contribution in [2.45, 2.75) is 32.1 Å². The number of aromatic nitrogens is 2. The predicted octanol–water partition coefficient (Wildman–Crippen LogP) is 2.06. The van der Waals surface area contributed by atoms with Gasteiger partial charge in [-0.25, -0.2) is 9.97 Å². The molecule has 2 fully saturated rings.